The van der Waals surface area contributed by atoms with Crippen LogP contribution < -0.4 is 16.0 Å². The molecule has 3 amide bonds. The number of benzene rings is 3. The number of hydrogen-bond donors (Lipinski definition) is 4. The molecule has 14 heteroatoms. The van der Waals surface area contributed by atoms with Gasteiger partial charge in [0.05, 0.1) is 11.3 Å². The first kappa shape index (κ1) is 31.5. The molecule has 226 valence electrons. The van der Waals surface area contributed by atoms with E-state index in [1.165, 1.54) is 35.3 Å². The van der Waals surface area contributed by atoms with Crippen LogP contribution in [0.5, 0.6) is 0 Å². The van der Waals surface area contributed by atoms with Crippen LogP contribution in [0.1, 0.15) is 34.3 Å². The van der Waals surface area contributed by atoms with Crippen molar-refractivity contribution in [2.24, 2.45) is 0 Å². The minimum Gasteiger partial charge on any atom is -0.481 e. The Morgan fingerprint density at radius 3 is 2.55 bits per heavy atom. The third kappa shape index (κ3) is 9.03. The molecule has 12 nitrogen and oxygen atoms in total. The van der Waals surface area contributed by atoms with E-state index in [4.69, 9.17) is 16.7 Å². The van der Waals surface area contributed by atoms with Crippen LogP contribution in [-0.4, -0.2) is 61.6 Å². The van der Waals surface area contributed by atoms with Crippen molar-refractivity contribution in [3.8, 4) is 5.69 Å². The molecular formula is C30H27ClFN7O5. The number of aromatic nitrogens is 4. The van der Waals surface area contributed by atoms with Gasteiger partial charge in [0.1, 0.15) is 18.2 Å². The lowest BCUT2D eigenvalue weighted by atomic mass is 10.0. The van der Waals surface area contributed by atoms with Crippen LogP contribution in [0, 0.1) is 5.82 Å². The van der Waals surface area contributed by atoms with Gasteiger partial charge in [-0.25, -0.2) is 4.39 Å². The van der Waals surface area contributed by atoms with Gasteiger partial charge in [-0.05, 0) is 64.9 Å². The highest BCUT2D eigenvalue weighted by molar-refractivity contribution is 6.30. The van der Waals surface area contributed by atoms with Gasteiger partial charge in [-0.3, -0.25) is 19.2 Å². The maximum absolute atomic E-state index is 14.8. The van der Waals surface area contributed by atoms with Gasteiger partial charge in [-0.1, -0.05) is 41.9 Å². The number of aliphatic carboxylic acids is 1. The van der Waals surface area contributed by atoms with Gasteiger partial charge in [0.15, 0.2) is 0 Å². The number of nitrogens with one attached hydrogen (secondary N) is 3. The summed E-state index contributed by atoms with van der Waals surface area (Å²) in [5.74, 6) is -3.79. The molecule has 0 fully saturated rings. The predicted molar refractivity (Wildman–Crippen MR) is 160 cm³/mol. The number of carboxylic acids is 1. The summed E-state index contributed by atoms with van der Waals surface area (Å²) in [6, 6.07) is 16.5. The van der Waals surface area contributed by atoms with Crippen LogP contribution in [0.3, 0.4) is 0 Å². The summed E-state index contributed by atoms with van der Waals surface area (Å²) in [6.45, 7) is 0.0641. The average molecular weight is 620 g/mol. The predicted octanol–water partition coefficient (Wildman–Crippen LogP) is 3.43. The standard InChI is InChI=1S/C30H27ClFN7O5/c31-21-9-12-26(39-18-34-37-38-39)20(16-21)8-13-27(40)36-25(15-19-5-2-1-3-6-19)30(44)35-22-10-11-23(24(32)17-22)29(43)33-14-4-7-28(41)42/h1-3,5-6,8-13,16-18,25H,4,7,14-15H2,(H,33,43)(H,35,44)(H,36,40)(H,41,42)/b13-8+/t25-/m0/s1. The summed E-state index contributed by atoms with van der Waals surface area (Å²) in [5.41, 5.74) is 1.70. The van der Waals surface area contributed by atoms with E-state index in [0.29, 0.717) is 16.3 Å². The number of tetrazole rings is 1. The third-order valence-corrected chi connectivity index (χ3v) is 6.48. The van der Waals surface area contributed by atoms with Gasteiger partial charge in [-0.15, -0.1) is 5.10 Å². The number of rotatable bonds is 13. The highest BCUT2D eigenvalue weighted by atomic mass is 35.5. The highest BCUT2D eigenvalue weighted by Gasteiger charge is 2.22. The van der Waals surface area contributed by atoms with E-state index in [1.54, 1.807) is 42.5 Å². The Hall–Kier alpha value is -5.43. The SMILES string of the molecule is O=C(O)CCCNC(=O)c1ccc(NC(=O)[C@H](Cc2ccccc2)NC(=O)/C=C/c2cc(Cl)ccc2-n2cnnn2)cc1F. The molecule has 4 N–H and O–H groups in total. The summed E-state index contributed by atoms with van der Waals surface area (Å²) >= 11 is 6.15. The summed E-state index contributed by atoms with van der Waals surface area (Å²) in [4.78, 5) is 49.2. The quantitative estimate of drug-likeness (QED) is 0.130. The minimum absolute atomic E-state index is 0.0641. The molecule has 1 aromatic heterocycles. The fourth-order valence-corrected chi connectivity index (χ4v) is 4.31. The summed E-state index contributed by atoms with van der Waals surface area (Å²) in [5, 5.41) is 28.0. The van der Waals surface area contributed by atoms with E-state index in [0.717, 1.165) is 11.6 Å². The number of carboxylic acid groups (broad SMARTS) is 1. The topological polar surface area (TPSA) is 168 Å². The van der Waals surface area contributed by atoms with Crippen molar-refractivity contribution >= 4 is 47.1 Å². The molecule has 0 spiro atoms. The van der Waals surface area contributed by atoms with Gasteiger partial charge in [0, 0.05) is 41.7 Å². The van der Waals surface area contributed by atoms with Gasteiger partial charge >= 0.3 is 5.97 Å². The molecule has 0 aliphatic carbocycles. The molecule has 0 aliphatic rings. The van der Waals surface area contributed by atoms with Crippen LogP contribution in [0.4, 0.5) is 10.1 Å². The van der Waals surface area contributed by atoms with Crippen LogP contribution in [0.25, 0.3) is 11.8 Å². The van der Waals surface area contributed by atoms with E-state index in [1.807, 2.05) is 6.07 Å². The second-order valence-electron chi connectivity index (χ2n) is 9.48. The molecule has 4 aromatic rings. The van der Waals surface area contributed by atoms with Crippen LogP contribution >= 0.6 is 11.6 Å². The zero-order chi connectivity index (χ0) is 31.5. The number of hydrogen-bond acceptors (Lipinski definition) is 7. The first-order valence-corrected chi connectivity index (χ1v) is 13.7. The Bertz CT molecular complexity index is 1670. The van der Waals surface area contributed by atoms with Crippen LogP contribution in [0.15, 0.2) is 79.1 Å². The summed E-state index contributed by atoms with van der Waals surface area (Å²) in [7, 11) is 0. The van der Waals surface area contributed by atoms with Gasteiger partial charge in [-0.2, -0.15) is 4.68 Å². The van der Waals surface area contributed by atoms with E-state index in [-0.39, 0.29) is 37.1 Å². The zero-order valence-corrected chi connectivity index (χ0v) is 23.9. The Kier molecular flexibility index (Phi) is 10.9. The summed E-state index contributed by atoms with van der Waals surface area (Å²) < 4.78 is 16.2. The fraction of sp³-hybridized carbons (Fsp3) is 0.167. The number of nitrogens with zero attached hydrogens (tertiary/aromatic N) is 4. The molecule has 0 radical (unpaired) electrons. The van der Waals surface area contributed by atoms with Crippen molar-refractivity contribution in [2.45, 2.75) is 25.3 Å². The molecule has 0 saturated carbocycles. The van der Waals surface area contributed by atoms with Crippen molar-refractivity contribution in [1.29, 1.82) is 0 Å². The Balaban J connectivity index is 1.46. The van der Waals surface area contributed by atoms with Crippen molar-refractivity contribution in [3.63, 3.8) is 0 Å². The number of carbonyl (C=O) groups excluding carboxylic acids is 3. The number of halogens is 2. The smallest absolute Gasteiger partial charge is 0.303 e. The first-order valence-electron chi connectivity index (χ1n) is 13.4. The fourth-order valence-electron chi connectivity index (χ4n) is 4.13. The van der Waals surface area contributed by atoms with Gasteiger partial charge in [0.2, 0.25) is 11.8 Å². The maximum atomic E-state index is 14.8. The van der Waals surface area contributed by atoms with Crippen molar-refractivity contribution in [2.75, 3.05) is 11.9 Å². The van der Waals surface area contributed by atoms with Crippen molar-refractivity contribution in [1.82, 2.24) is 30.8 Å². The van der Waals surface area contributed by atoms with Crippen LogP contribution in [0.2, 0.25) is 5.02 Å². The van der Waals surface area contributed by atoms with E-state index in [9.17, 15) is 23.6 Å². The lowest BCUT2D eigenvalue weighted by Gasteiger charge is -2.18. The van der Waals surface area contributed by atoms with Gasteiger partial charge in [0.25, 0.3) is 5.91 Å². The lowest BCUT2D eigenvalue weighted by molar-refractivity contribution is -0.137. The normalized spacial score (nSPS) is 11.6. The van der Waals surface area contributed by atoms with Crippen molar-refractivity contribution in [3.05, 3.63) is 107 Å². The zero-order valence-electron chi connectivity index (χ0n) is 23.1. The van der Waals surface area contributed by atoms with Gasteiger partial charge < -0.3 is 21.1 Å². The molecule has 1 atom stereocenters. The average Bonchev–Trinajstić information content (AvgIpc) is 3.53. The first-order chi connectivity index (χ1) is 21.2. The van der Waals surface area contributed by atoms with Crippen LogP contribution in [-0.2, 0) is 20.8 Å². The second-order valence-corrected chi connectivity index (χ2v) is 9.92. The molecule has 0 unspecified atom stereocenters. The molecule has 3 aromatic carbocycles. The van der Waals surface area contributed by atoms with E-state index < -0.39 is 35.5 Å². The highest BCUT2D eigenvalue weighted by Crippen LogP contribution is 2.20. The molecule has 1 heterocycles. The molecular weight excluding hydrogens is 593 g/mol. The third-order valence-electron chi connectivity index (χ3n) is 6.25. The van der Waals surface area contributed by atoms with E-state index >= 15 is 0 Å². The second kappa shape index (κ2) is 15.2. The monoisotopic (exact) mass is 619 g/mol. The number of amides is 3. The minimum atomic E-state index is -1.05. The van der Waals surface area contributed by atoms with E-state index in [2.05, 4.69) is 31.5 Å². The van der Waals surface area contributed by atoms with Crippen molar-refractivity contribution < 1.29 is 28.7 Å². The number of carbonyl (C=O) groups is 4. The molecule has 0 bridgehead atoms. The largest absolute Gasteiger partial charge is 0.481 e. The molecule has 0 aliphatic heterocycles. The lowest BCUT2D eigenvalue weighted by Crippen LogP contribution is -2.44. The Morgan fingerprint density at radius 2 is 1.84 bits per heavy atom. The maximum Gasteiger partial charge on any atom is 0.303 e. The Labute approximate surface area is 255 Å². The number of anilines is 1. The molecule has 44 heavy (non-hydrogen) atoms. The molecule has 0 saturated heterocycles. The Morgan fingerprint density at radius 1 is 1.05 bits per heavy atom. The summed E-state index contributed by atoms with van der Waals surface area (Å²) in [6.07, 6.45) is 4.35. The molecule has 4 rings (SSSR count).